The van der Waals surface area contributed by atoms with Crippen LogP contribution in [-0.4, -0.2) is 28.9 Å². The Bertz CT molecular complexity index is 687. The van der Waals surface area contributed by atoms with Gasteiger partial charge in [0.1, 0.15) is 5.82 Å². The molecule has 1 aromatic carbocycles. The molecule has 0 aromatic heterocycles. The molecule has 1 aliphatic carbocycles. The smallest absolute Gasteiger partial charge is 0.251 e. The van der Waals surface area contributed by atoms with Crippen molar-refractivity contribution in [3.05, 3.63) is 35.1 Å². The van der Waals surface area contributed by atoms with Crippen molar-refractivity contribution in [1.82, 2.24) is 0 Å². The molecule has 8 heteroatoms. The van der Waals surface area contributed by atoms with Crippen molar-refractivity contribution in [2.24, 2.45) is 23.3 Å². The largest absolute Gasteiger partial charge is 0.393 e. The van der Waals surface area contributed by atoms with Gasteiger partial charge in [-0.1, -0.05) is 12.1 Å². The van der Waals surface area contributed by atoms with Gasteiger partial charge in [-0.2, -0.15) is 0 Å². The Morgan fingerprint density at radius 1 is 1.22 bits per heavy atom. The van der Waals surface area contributed by atoms with Crippen LogP contribution in [0.3, 0.4) is 0 Å². The summed E-state index contributed by atoms with van der Waals surface area (Å²) in [5.74, 6) is -5.93. The monoisotopic (exact) mass is 386 g/mol. The quantitative estimate of drug-likeness (QED) is 0.639. The average Bonchev–Trinajstić information content (AvgIpc) is 2.57. The Kier molecular flexibility index (Phi) is 6.86. The lowest BCUT2D eigenvalue weighted by molar-refractivity contribution is -0.127. The minimum atomic E-state index is -2.71. The zero-order valence-corrected chi connectivity index (χ0v) is 15.0. The number of primary amides is 2. The van der Waals surface area contributed by atoms with Crippen LogP contribution in [-0.2, 0) is 11.2 Å². The molecule has 0 bridgehead atoms. The maximum absolute atomic E-state index is 13.8. The maximum Gasteiger partial charge on any atom is 0.251 e. The van der Waals surface area contributed by atoms with Gasteiger partial charge in [-0.05, 0) is 49.7 Å². The lowest BCUT2D eigenvalue weighted by Crippen LogP contribution is -2.37. The van der Waals surface area contributed by atoms with Gasteiger partial charge in [0, 0.05) is 18.8 Å². The van der Waals surface area contributed by atoms with Gasteiger partial charge >= 0.3 is 0 Å². The lowest BCUT2D eigenvalue weighted by atomic mass is 9.75. The number of aliphatic hydroxyl groups is 1. The number of benzene rings is 1. The Labute approximate surface area is 155 Å². The highest BCUT2D eigenvalue weighted by molar-refractivity contribution is 5.94. The molecule has 150 valence electrons. The molecule has 2 unspecified atom stereocenters. The average molecular weight is 386 g/mol. The van der Waals surface area contributed by atoms with Crippen LogP contribution in [0, 0.1) is 17.7 Å². The van der Waals surface area contributed by atoms with E-state index in [4.69, 9.17) is 11.5 Å². The zero-order chi connectivity index (χ0) is 20.2. The molecule has 1 aliphatic rings. The van der Waals surface area contributed by atoms with E-state index in [2.05, 4.69) is 0 Å². The zero-order valence-electron chi connectivity index (χ0n) is 15.0. The molecule has 0 saturated heterocycles. The van der Waals surface area contributed by atoms with Crippen molar-refractivity contribution in [1.29, 1.82) is 0 Å². The third kappa shape index (κ3) is 5.69. The molecule has 0 heterocycles. The second kappa shape index (κ2) is 8.73. The van der Waals surface area contributed by atoms with Crippen molar-refractivity contribution < 1.29 is 27.9 Å². The van der Waals surface area contributed by atoms with Crippen molar-refractivity contribution in [3.8, 4) is 0 Å². The maximum atomic E-state index is 13.8. The van der Waals surface area contributed by atoms with Crippen LogP contribution in [0.25, 0.3) is 0 Å². The summed E-state index contributed by atoms with van der Waals surface area (Å²) in [5, 5.41) is 10.3. The van der Waals surface area contributed by atoms with E-state index in [1.165, 1.54) is 6.07 Å². The van der Waals surface area contributed by atoms with E-state index in [0.717, 1.165) is 6.07 Å². The highest BCUT2D eigenvalue weighted by Gasteiger charge is 2.39. The number of nitrogens with two attached hydrogens (primary N) is 2. The van der Waals surface area contributed by atoms with E-state index < -0.39 is 35.6 Å². The number of carbonyl (C=O) groups is 2. The number of alkyl halides is 2. The summed E-state index contributed by atoms with van der Waals surface area (Å²) in [6.07, 6.45) is -0.749. The number of rotatable bonds is 8. The molecule has 0 aliphatic heterocycles. The highest BCUT2D eigenvalue weighted by Crippen LogP contribution is 2.40. The Morgan fingerprint density at radius 2 is 1.85 bits per heavy atom. The van der Waals surface area contributed by atoms with Crippen LogP contribution in [0.15, 0.2) is 18.2 Å². The van der Waals surface area contributed by atoms with Crippen molar-refractivity contribution in [2.75, 3.05) is 0 Å². The first-order valence-corrected chi connectivity index (χ1v) is 9.03. The van der Waals surface area contributed by atoms with Crippen LogP contribution < -0.4 is 11.5 Å². The fraction of sp³-hybridized carbons (Fsp3) is 0.579. The number of hydrogen-bond acceptors (Lipinski definition) is 3. The molecule has 2 atom stereocenters. The molecular formula is C19H25F3N2O3. The standard InChI is InChI=1S/C19H25F3N2O3/c20-15-3-1-2-12(16(15)18(24)27)4-5-13(25)10-14(17(23)26)11-6-8-19(21,22)9-7-11/h1-3,11,13-14,25H,4-10H2,(H2,23,26)(H2,24,27). The van der Waals surface area contributed by atoms with E-state index >= 15 is 0 Å². The van der Waals surface area contributed by atoms with Gasteiger partial charge in [0.2, 0.25) is 11.8 Å². The van der Waals surface area contributed by atoms with Crippen molar-refractivity contribution in [3.63, 3.8) is 0 Å². The second-order valence-corrected chi connectivity index (χ2v) is 7.27. The van der Waals surface area contributed by atoms with Gasteiger partial charge in [0.15, 0.2) is 0 Å². The molecule has 1 fully saturated rings. The van der Waals surface area contributed by atoms with E-state index in [0.29, 0.717) is 5.56 Å². The molecule has 1 saturated carbocycles. The molecule has 5 N–H and O–H groups in total. The minimum absolute atomic E-state index is 0.0484. The third-order valence-corrected chi connectivity index (χ3v) is 5.32. The van der Waals surface area contributed by atoms with Gasteiger partial charge in [-0.3, -0.25) is 9.59 Å². The van der Waals surface area contributed by atoms with Crippen LogP contribution in [0.5, 0.6) is 0 Å². The fourth-order valence-electron chi connectivity index (χ4n) is 3.79. The Hall–Kier alpha value is -2.09. The lowest BCUT2D eigenvalue weighted by Gasteiger charge is -2.33. The van der Waals surface area contributed by atoms with Crippen molar-refractivity contribution >= 4 is 11.8 Å². The molecule has 27 heavy (non-hydrogen) atoms. The summed E-state index contributed by atoms with van der Waals surface area (Å²) in [5.41, 5.74) is 10.8. The molecular weight excluding hydrogens is 361 g/mol. The summed E-state index contributed by atoms with van der Waals surface area (Å²) in [6.45, 7) is 0. The second-order valence-electron chi connectivity index (χ2n) is 7.27. The predicted octanol–water partition coefficient (Wildman–Crippen LogP) is 2.54. The highest BCUT2D eigenvalue weighted by atomic mass is 19.3. The SMILES string of the molecule is NC(=O)c1c(F)cccc1CCC(O)CC(C(N)=O)C1CCC(F)(F)CC1. The van der Waals surface area contributed by atoms with Crippen LogP contribution >= 0.6 is 0 Å². The number of carbonyl (C=O) groups excluding carboxylic acids is 2. The van der Waals surface area contributed by atoms with Crippen LogP contribution in [0.1, 0.15) is 54.4 Å². The topological polar surface area (TPSA) is 106 Å². The van der Waals surface area contributed by atoms with Gasteiger partial charge in [-0.15, -0.1) is 0 Å². The van der Waals surface area contributed by atoms with Gasteiger partial charge in [0.25, 0.3) is 5.91 Å². The number of hydrogen-bond donors (Lipinski definition) is 3. The Morgan fingerprint density at radius 3 is 2.41 bits per heavy atom. The normalized spacial score (nSPS) is 19.4. The van der Waals surface area contributed by atoms with Gasteiger partial charge < -0.3 is 16.6 Å². The van der Waals surface area contributed by atoms with Gasteiger partial charge in [-0.25, -0.2) is 13.2 Å². The number of halogens is 3. The summed E-state index contributed by atoms with van der Waals surface area (Å²) < 4.78 is 40.4. The van der Waals surface area contributed by atoms with E-state index in [1.54, 1.807) is 6.07 Å². The molecule has 5 nitrogen and oxygen atoms in total. The van der Waals surface area contributed by atoms with Crippen molar-refractivity contribution in [2.45, 2.75) is 57.0 Å². The van der Waals surface area contributed by atoms with E-state index in [-0.39, 0.29) is 56.4 Å². The third-order valence-electron chi connectivity index (χ3n) is 5.32. The first kappa shape index (κ1) is 21.2. The van der Waals surface area contributed by atoms with E-state index in [1.807, 2.05) is 0 Å². The van der Waals surface area contributed by atoms with Gasteiger partial charge in [0.05, 0.1) is 11.7 Å². The number of aryl methyl sites for hydroxylation is 1. The summed E-state index contributed by atoms with van der Waals surface area (Å²) >= 11 is 0. The number of aliphatic hydroxyl groups excluding tert-OH is 1. The molecule has 2 amide bonds. The summed E-state index contributed by atoms with van der Waals surface area (Å²) in [6, 6.07) is 4.12. The molecule has 1 aromatic rings. The molecule has 0 spiro atoms. The molecule has 2 rings (SSSR count). The minimum Gasteiger partial charge on any atom is -0.393 e. The van der Waals surface area contributed by atoms with Crippen LogP contribution in [0.2, 0.25) is 0 Å². The molecule has 0 radical (unpaired) electrons. The van der Waals surface area contributed by atoms with Crippen LogP contribution in [0.4, 0.5) is 13.2 Å². The Balaban J connectivity index is 1.97. The first-order chi connectivity index (χ1) is 12.6. The predicted molar refractivity (Wildman–Crippen MR) is 93.5 cm³/mol. The first-order valence-electron chi connectivity index (χ1n) is 9.03. The summed E-state index contributed by atoms with van der Waals surface area (Å²) in [7, 11) is 0. The summed E-state index contributed by atoms with van der Waals surface area (Å²) in [4.78, 5) is 23.2. The fourth-order valence-corrected chi connectivity index (χ4v) is 3.79. The number of amides is 2. The van der Waals surface area contributed by atoms with E-state index in [9.17, 15) is 27.9 Å².